The van der Waals surface area contributed by atoms with Gasteiger partial charge in [-0.15, -0.1) is 0 Å². The van der Waals surface area contributed by atoms with Crippen LogP contribution in [-0.2, 0) is 13.5 Å². The van der Waals surface area contributed by atoms with Crippen LogP contribution in [0.2, 0.25) is 0 Å². The Morgan fingerprint density at radius 1 is 1.19 bits per heavy atom. The number of fused-ring (bicyclic) bond motifs is 1. The molecular weight excluding hydrogens is 324 g/mol. The molecular formula is C21H26N4O. The summed E-state index contributed by atoms with van der Waals surface area (Å²) in [5.74, 6) is 0.935. The number of anilines is 1. The number of hydrogen-bond acceptors (Lipinski definition) is 3. The van der Waals surface area contributed by atoms with Crippen molar-refractivity contribution in [3.63, 3.8) is 0 Å². The van der Waals surface area contributed by atoms with Crippen molar-refractivity contribution in [3.05, 3.63) is 58.9 Å². The van der Waals surface area contributed by atoms with E-state index in [1.165, 1.54) is 0 Å². The lowest BCUT2D eigenvalue weighted by Crippen LogP contribution is -2.27. The normalized spacial score (nSPS) is 10.9. The van der Waals surface area contributed by atoms with E-state index in [-0.39, 0.29) is 5.91 Å². The van der Waals surface area contributed by atoms with Gasteiger partial charge in [-0.2, -0.15) is 0 Å². The van der Waals surface area contributed by atoms with E-state index in [9.17, 15) is 4.79 Å². The van der Waals surface area contributed by atoms with Crippen molar-refractivity contribution < 1.29 is 4.79 Å². The maximum absolute atomic E-state index is 12.7. The van der Waals surface area contributed by atoms with Gasteiger partial charge in [-0.3, -0.25) is 4.79 Å². The molecule has 0 aliphatic carbocycles. The zero-order chi connectivity index (χ0) is 18.7. The quantitative estimate of drug-likeness (QED) is 0.714. The molecule has 1 amide bonds. The first-order chi connectivity index (χ1) is 12.5. The minimum absolute atomic E-state index is 0.0379. The Bertz CT molecular complexity index is 943. The fraction of sp³-hybridized carbons (Fsp3) is 0.333. The molecule has 3 rings (SSSR count). The van der Waals surface area contributed by atoms with Crippen molar-refractivity contribution in [1.29, 1.82) is 0 Å². The van der Waals surface area contributed by atoms with Crippen LogP contribution in [0.3, 0.4) is 0 Å². The van der Waals surface area contributed by atoms with Gasteiger partial charge in [0.1, 0.15) is 5.82 Å². The van der Waals surface area contributed by atoms with Gasteiger partial charge in [0.25, 0.3) is 5.91 Å². The molecule has 0 bridgehead atoms. The lowest BCUT2D eigenvalue weighted by Gasteiger charge is -2.14. The third kappa shape index (κ3) is 3.57. The molecule has 0 saturated heterocycles. The van der Waals surface area contributed by atoms with Crippen LogP contribution in [0.15, 0.2) is 36.4 Å². The van der Waals surface area contributed by atoms with Crippen molar-refractivity contribution in [2.24, 2.45) is 7.05 Å². The van der Waals surface area contributed by atoms with E-state index in [1.54, 1.807) is 0 Å². The molecule has 1 aromatic heterocycles. The molecule has 26 heavy (non-hydrogen) atoms. The van der Waals surface area contributed by atoms with Gasteiger partial charge in [0.2, 0.25) is 0 Å². The minimum Gasteiger partial charge on any atom is -0.385 e. The first kappa shape index (κ1) is 18.0. The van der Waals surface area contributed by atoms with E-state index in [4.69, 9.17) is 0 Å². The van der Waals surface area contributed by atoms with Crippen LogP contribution < -0.4 is 10.6 Å². The van der Waals surface area contributed by atoms with Gasteiger partial charge in [-0.25, -0.2) is 4.98 Å². The lowest BCUT2D eigenvalue weighted by molar-refractivity contribution is 0.0953. The van der Waals surface area contributed by atoms with E-state index in [0.29, 0.717) is 13.0 Å². The Balaban J connectivity index is 1.70. The molecule has 0 saturated carbocycles. The van der Waals surface area contributed by atoms with Crippen LogP contribution >= 0.6 is 0 Å². The molecule has 0 radical (unpaired) electrons. The fourth-order valence-corrected chi connectivity index (χ4v) is 3.27. The minimum atomic E-state index is -0.0379. The van der Waals surface area contributed by atoms with Gasteiger partial charge in [-0.1, -0.05) is 12.1 Å². The summed E-state index contributed by atoms with van der Waals surface area (Å²) >= 11 is 0. The number of benzene rings is 2. The van der Waals surface area contributed by atoms with E-state index < -0.39 is 0 Å². The van der Waals surface area contributed by atoms with Crippen molar-refractivity contribution in [1.82, 2.24) is 14.9 Å². The summed E-state index contributed by atoms with van der Waals surface area (Å²) in [5, 5.41) is 6.36. The number of amides is 1. The van der Waals surface area contributed by atoms with Crippen molar-refractivity contribution in [2.45, 2.75) is 27.2 Å². The monoisotopic (exact) mass is 350 g/mol. The first-order valence-corrected chi connectivity index (χ1v) is 9.05. The van der Waals surface area contributed by atoms with Crippen LogP contribution in [-0.4, -0.2) is 28.5 Å². The molecule has 1 heterocycles. The molecule has 0 aliphatic heterocycles. The molecule has 2 aromatic carbocycles. The highest BCUT2D eigenvalue weighted by Gasteiger charge is 2.13. The van der Waals surface area contributed by atoms with Crippen LogP contribution in [0.5, 0.6) is 0 Å². The summed E-state index contributed by atoms with van der Waals surface area (Å²) in [7, 11) is 2.01. The van der Waals surface area contributed by atoms with Gasteiger partial charge < -0.3 is 15.2 Å². The Morgan fingerprint density at radius 2 is 1.96 bits per heavy atom. The summed E-state index contributed by atoms with van der Waals surface area (Å²) in [6.45, 7) is 7.44. The van der Waals surface area contributed by atoms with Crippen molar-refractivity contribution in [3.8, 4) is 0 Å². The highest BCUT2D eigenvalue weighted by molar-refractivity contribution is 5.97. The second kappa shape index (κ2) is 7.60. The summed E-state index contributed by atoms with van der Waals surface area (Å²) in [5.41, 5.74) is 5.91. The third-order valence-electron chi connectivity index (χ3n) is 4.68. The second-order valence-corrected chi connectivity index (χ2v) is 6.60. The second-order valence-electron chi connectivity index (χ2n) is 6.60. The third-order valence-corrected chi connectivity index (χ3v) is 4.68. The number of para-hydroxylation sites is 2. The number of rotatable bonds is 6. The number of carbonyl (C=O) groups is 1. The molecule has 5 nitrogen and oxygen atoms in total. The summed E-state index contributed by atoms with van der Waals surface area (Å²) in [4.78, 5) is 17.3. The topological polar surface area (TPSA) is 59.0 Å². The average molecular weight is 350 g/mol. The highest BCUT2D eigenvalue weighted by Crippen LogP contribution is 2.21. The maximum Gasteiger partial charge on any atom is 0.251 e. The zero-order valence-corrected chi connectivity index (χ0v) is 15.9. The van der Waals surface area contributed by atoms with Crippen LogP contribution in [0.4, 0.5) is 5.69 Å². The van der Waals surface area contributed by atoms with Crippen molar-refractivity contribution in [2.75, 3.05) is 18.4 Å². The number of nitrogens with one attached hydrogen (secondary N) is 2. The lowest BCUT2D eigenvalue weighted by atomic mass is 10.0. The predicted molar refractivity (Wildman–Crippen MR) is 107 cm³/mol. The Hall–Kier alpha value is -2.82. The van der Waals surface area contributed by atoms with E-state index in [1.807, 2.05) is 45.2 Å². The Labute approximate surface area is 154 Å². The van der Waals surface area contributed by atoms with Gasteiger partial charge in [0.05, 0.1) is 11.0 Å². The van der Waals surface area contributed by atoms with E-state index in [2.05, 4.69) is 39.2 Å². The Kier molecular flexibility index (Phi) is 5.26. The SMILES string of the molecule is CCNc1cc(C)cc(C(=O)NCCc2nc3ccccc3n2C)c1C. The molecule has 0 fully saturated rings. The molecule has 0 spiro atoms. The smallest absolute Gasteiger partial charge is 0.251 e. The van der Waals surface area contributed by atoms with Gasteiger partial charge in [-0.05, 0) is 56.2 Å². The molecule has 3 aromatic rings. The summed E-state index contributed by atoms with van der Waals surface area (Å²) < 4.78 is 2.09. The maximum atomic E-state index is 12.7. The van der Waals surface area contributed by atoms with Crippen molar-refractivity contribution >= 4 is 22.6 Å². The average Bonchev–Trinajstić information content (AvgIpc) is 2.94. The number of aryl methyl sites for hydroxylation is 2. The number of aromatic nitrogens is 2. The van der Waals surface area contributed by atoms with Crippen LogP contribution in [0, 0.1) is 13.8 Å². The Morgan fingerprint density at radius 3 is 2.69 bits per heavy atom. The zero-order valence-electron chi connectivity index (χ0n) is 15.9. The number of imidazole rings is 1. The highest BCUT2D eigenvalue weighted by atomic mass is 16.1. The number of carbonyl (C=O) groups excluding carboxylic acids is 1. The summed E-state index contributed by atoms with van der Waals surface area (Å²) in [6, 6.07) is 12.1. The largest absolute Gasteiger partial charge is 0.385 e. The van der Waals surface area contributed by atoms with Gasteiger partial charge in [0.15, 0.2) is 0 Å². The molecule has 2 N–H and O–H groups in total. The fourth-order valence-electron chi connectivity index (χ4n) is 3.27. The molecule has 0 atom stereocenters. The number of nitrogens with zero attached hydrogens (tertiary/aromatic N) is 2. The predicted octanol–water partition coefficient (Wildman–Crippen LogP) is 3.59. The van der Waals surface area contributed by atoms with Gasteiger partial charge in [0, 0.05) is 37.8 Å². The molecule has 5 heteroatoms. The van der Waals surface area contributed by atoms with Crippen LogP contribution in [0.25, 0.3) is 11.0 Å². The standard InChI is InChI=1S/C21H26N4O/c1-5-22-18-13-14(2)12-16(15(18)3)21(26)23-11-10-20-24-17-8-6-7-9-19(17)25(20)4/h6-9,12-13,22H,5,10-11H2,1-4H3,(H,23,26). The molecule has 0 aliphatic rings. The molecule has 0 unspecified atom stereocenters. The van der Waals surface area contributed by atoms with Gasteiger partial charge >= 0.3 is 0 Å². The number of hydrogen-bond donors (Lipinski definition) is 2. The molecule has 136 valence electrons. The first-order valence-electron chi connectivity index (χ1n) is 9.05. The van der Waals surface area contributed by atoms with E-state index >= 15 is 0 Å². The van der Waals surface area contributed by atoms with E-state index in [0.717, 1.165) is 45.8 Å². The summed E-state index contributed by atoms with van der Waals surface area (Å²) in [6.07, 6.45) is 0.696. The van der Waals surface area contributed by atoms with Crippen LogP contribution in [0.1, 0.15) is 34.2 Å².